The van der Waals surface area contributed by atoms with Gasteiger partial charge in [0.25, 0.3) is 0 Å². The molecule has 1 aliphatic heterocycles. The van der Waals surface area contributed by atoms with E-state index in [4.69, 9.17) is 4.74 Å². The molecule has 0 aromatic heterocycles. The normalized spacial score (nSPS) is 22.0. The third kappa shape index (κ3) is 3.89. The fraction of sp³-hybridized carbons (Fsp3) is 0.632. The molecule has 2 rings (SSSR count). The molecule has 0 bridgehead atoms. The molecule has 1 atom stereocenters. The first kappa shape index (κ1) is 17.0. The molecule has 1 saturated heterocycles. The zero-order valence-corrected chi connectivity index (χ0v) is 14.6. The van der Waals surface area contributed by atoms with Gasteiger partial charge in [-0.05, 0) is 66.0 Å². The van der Waals surface area contributed by atoms with Crippen LogP contribution in [0.5, 0.6) is 0 Å². The van der Waals surface area contributed by atoms with Crippen molar-refractivity contribution >= 4 is 5.97 Å². The molecule has 1 unspecified atom stereocenters. The molecule has 1 fully saturated rings. The van der Waals surface area contributed by atoms with E-state index in [1.165, 1.54) is 19.3 Å². The SMILES string of the molecule is CC(CN1C(C)(C)CCCC1(C)C)OC(=O)c1ccccc1. The van der Waals surface area contributed by atoms with Crippen molar-refractivity contribution in [2.45, 2.75) is 71.1 Å². The van der Waals surface area contributed by atoms with Gasteiger partial charge in [0.15, 0.2) is 0 Å². The number of ether oxygens (including phenoxy) is 1. The van der Waals surface area contributed by atoms with Crippen LogP contribution in [0, 0.1) is 0 Å². The third-order valence-corrected chi connectivity index (χ3v) is 4.80. The number of hydrogen-bond donors (Lipinski definition) is 0. The summed E-state index contributed by atoms with van der Waals surface area (Å²) >= 11 is 0. The molecule has 3 nitrogen and oxygen atoms in total. The lowest BCUT2D eigenvalue weighted by Gasteiger charge is -2.53. The maximum Gasteiger partial charge on any atom is 0.338 e. The molecule has 0 aliphatic carbocycles. The topological polar surface area (TPSA) is 29.5 Å². The van der Waals surface area contributed by atoms with Gasteiger partial charge in [-0.15, -0.1) is 0 Å². The molecular formula is C19H29NO2. The predicted molar refractivity (Wildman–Crippen MR) is 90.0 cm³/mol. The Morgan fingerprint density at radius 3 is 2.23 bits per heavy atom. The van der Waals surface area contributed by atoms with E-state index in [1.54, 1.807) is 12.1 Å². The highest BCUT2D eigenvalue weighted by atomic mass is 16.5. The van der Waals surface area contributed by atoms with Gasteiger partial charge in [-0.3, -0.25) is 4.90 Å². The lowest BCUT2D eigenvalue weighted by Crippen LogP contribution is -2.60. The zero-order chi connectivity index (χ0) is 16.4. The number of carbonyl (C=O) groups excluding carboxylic acids is 1. The molecule has 0 spiro atoms. The maximum atomic E-state index is 12.2. The van der Waals surface area contributed by atoms with E-state index in [0.717, 1.165) is 6.54 Å². The Bertz CT molecular complexity index is 491. The van der Waals surface area contributed by atoms with E-state index in [9.17, 15) is 4.79 Å². The van der Waals surface area contributed by atoms with Crippen LogP contribution in [0.4, 0.5) is 0 Å². The molecule has 1 aromatic rings. The van der Waals surface area contributed by atoms with Gasteiger partial charge in [0.05, 0.1) is 5.56 Å². The van der Waals surface area contributed by atoms with Crippen LogP contribution in [0.3, 0.4) is 0 Å². The van der Waals surface area contributed by atoms with Gasteiger partial charge in [0, 0.05) is 17.6 Å². The molecule has 1 heterocycles. The maximum absolute atomic E-state index is 12.2. The van der Waals surface area contributed by atoms with Gasteiger partial charge in [-0.1, -0.05) is 18.2 Å². The summed E-state index contributed by atoms with van der Waals surface area (Å²) in [6.45, 7) is 11.9. The van der Waals surface area contributed by atoms with E-state index in [1.807, 2.05) is 25.1 Å². The average Bonchev–Trinajstić information content (AvgIpc) is 2.43. The van der Waals surface area contributed by atoms with Crippen LogP contribution in [0.2, 0.25) is 0 Å². The number of benzene rings is 1. The summed E-state index contributed by atoms with van der Waals surface area (Å²) in [6.07, 6.45) is 3.52. The molecular weight excluding hydrogens is 274 g/mol. The van der Waals surface area contributed by atoms with Crippen molar-refractivity contribution in [2.24, 2.45) is 0 Å². The van der Waals surface area contributed by atoms with Crippen LogP contribution >= 0.6 is 0 Å². The third-order valence-electron chi connectivity index (χ3n) is 4.80. The summed E-state index contributed by atoms with van der Waals surface area (Å²) < 4.78 is 5.65. The molecule has 0 radical (unpaired) electrons. The van der Waals surface area contributed by atoms with Gasteiger partial charge in [-0.2, -0.15) is 0 Å². The highest BCUT2D eigenvalue weighted by molar-refractivity contribution is 5.89. The molecule has 1 aliphatic rings. The van der Waals surface area contributed by atoms with Crippen molar-refractivity contribution in [1.82, 2.24) is 4.90 Å². The molecule has 0 N–H and O–H groups in total. The van der Waals surface area contributed by atoms with Crippen LogP contribution in [0.1, 0.15) is 64.2 Å². The summed E-state index contributed by atoms with van der Waals surface area (Å²) in [7, 11) is 0. The highest BCUT2D eigenvalue weighted by Crippen LogP contribution is 2.38. The van der Waals surface area contributed by atoms with Crippen molar-refractivity contribution in [1.29, 1.82) is 0 Å². The standard InChI is InChI=1S/C19H29NO2/c1-15(22-17(21)16-10-7-6-8-11-16)14-20-18(2,3)12-9-13-19(20,4)5/h6-8,10-11,15H,9,12-14H2,1-5H3. The summed E-state index contributed by atoms with van der Waals surface area (Å²) in [5, 5.41) is 0. The summed E-state index contributed by atoms with van der Waals surface area (Å²) in [6, 6.07) is 9.21. The number of rotatable bonds is 4. The van der Waals surface area contributed by atoms with E-state index in [2.05, 4.69) is 32.6 Å². The van der Waals surface area contributed by atoms with Gasteiger partial charge in [0.2, 0.25) is 0 Å². The minimum Gasteiger partial charge on any atom is -0.458 e. The van der Waals surface area contributed by atoms with Crippen LogP contribution in [0.25, 0.3) is 0 Å². The fourth-order valence-electron chi connectivity index (χ4n) is 3.66. The second-order valence-electron chi connectivity index (χ2n) is 7.67. The van der Waals surface area contributed by atoms with E-state index in [-0.39, 0.29) is 23.2 Å². The summed E-state index contributed by atoms with van der Waals surface area (Å²) in [4.78, 5) is 14.7. The minimum atomic E-state index is -0.235. The second kappa shape index (κ2) is 6.41. The Morgan fingerprint density at radius 2 is 1.68 bits per heavy atom. The van der Waals surface area contributed by atoms with E-state index >= 15 is 0 Å². The minimum absolute atomic E-state index is 0.121. The molecule has 122 valence electrons. The van der Waals surface area contributed by atoms with Crippen LogP contribution < -0.4 is 0 Å². The summed E-state index contributed by atoms with van der Waals surface area (Å²) in [5.74, 6) is -0.235. The van der Waals surface area contributed by atoms with Gasteiger partial charge < -0.3 is 4.74 Å². The number of piperidine rings is 1. The predicted octanol–water partition coefficient (Wildman–Crippen LogP) is 4.28. The number of nitrogens with zero attached hydrogens (tertiary/aromatic N) is 1. The van der Waals surface area contributed by atoms with Crippen LogP contribution in [-0.4, -0.2) is 34.6 Å². The number of likely N-dealkylation sites (tertiary alicyclic amines) is 1. The zero-order valence-electron chi connectivity index (χ0n) is 14.6. The van der Waals surface area contributed by atoms with Crippen molar-refractivity contribution in [2.75, 3.05) is 6.54 Å². The van der Waals surface area contributed by atoms with Gasteiger partial charge >= 0.3 is 5.97 Å². The smallest absolute Gasteiger partial charge is 0.338 e. The molecule has 1 aromatic carbocycles. The van der Waals surface area contributed by atoms with E-state index in [0.29, 0.717) is 5.56 Å². The molecule has 0 amide bonds. The number of hydrogen-bond acceptors (Lipinski definition) is 3. The lowest BCUT2D eigenvalue weighted by atomic mass is 9.79. The van der Waals surface area contributed by atoms with Crippen molar-refractivity contribution < 1.29 is 9.53 Å². The second-order valence-corrected chi connectivity index (χ2v) is 7.67. The molecule has 0 saturated carbocycles. The van der Waals surface area contributed by atoms with Gasteiger partial charge in [-0.25, -0.2) is 4.79 Å². The quantitative estimate of drug-likeness (QED) is 0.778. The van der Waals surface area contributed by atoms with Crippen LogP contribution in [0.15, 0.2) is 30.3 Å². The van der Waals surface area contributed by atoms with Crippen LogP contribution in [-0.2, 0) is 4.74 Å². The molecule has 3 heteroatoms. The Balaban J connectivity index is 2.01. The first-order valence-corrected chi connectivity index (χ1v) is 8.26. The number of carbonyl (C=O) groups is 1. The Labute approximate surface area is 134 Å². The fourth-order valence-corrected chi connectivity index (χ4v) is 3.66. The van der Waals surface area contributed by atoms with Crippen molar-refractivity contribution in [3.05, 3.63) is 35.9 Å². The lowest BCUT2D eigenvalue weighted by molar-refractivity contribution is -0.0567. The number of esters is 1. The van der Waals surface area contributed by atoms with E-state index < -0.39 is 0 Å². The Morgan fingerprint density at radius 1 is 1.14 bits per heavy atom. The monoisotopic (exact) mass is 303 g/mol. The Hall–Kier alpha value is -1.35. The van der Waals surface area contributed by atoms with Gasteiger partial charge in [0.1, 0.15) is 6.10 Å². The average molecular weight is 303 g/mol. The highest BCUT2D eigenvalue weighted by Gasteiger charge is 2.41. The first-order chi connectivity index (χ1) is 10.2. The Kier molecular flexibility index (Phi) is 4.96. The summed E-state index contributed by atoms with van der Waals surface area (Å²) in [5.41, 5.74) is 0.913. The van der Waals surface area contributed by atoms with Crippen molar-refractivity contribution in [3.8, 4) is 0 Å². The van der Waals surface area contributed by atoms with Crippen molar-refractivity contribution in [3.63, 3.8) is 0 Å². The largest absolute Gasteiger partial charge is 0.458 e. The molecule has 22 heavy (non-hydrogen) atoms. The first-order valence-electron chi connectivity index (χ1n) is 8.26.